The molecule has 2 N–H and O–H groups in total. The topological polar surface area (TPSA) is 35.5 Å². The van der Waals surface area contributed by atoms with Crippen LogP contribution in [-0.4, -0.2) is 47.8 Å². The number of aliphatic hydroxyl groups is 1. The molecule has 1 saturated heterocycles. The van der Waals surface area contributed by atoms with Crippen molar-refractivity contribution in [3.8, 4) is 0 Å². The minimum Gasteiger partial charge on any atom is -0.396 e. The van der Waals surface area contributed by atoms with Gasteiger partial charge in [-0.25, -0.2) is 0 Å². The number of hydrogen-bond donors (Lipinski definition) is 2. The minimum absolute atomic E-state index is 0.362. The lowest BCUT2D eigenvalue weighted by Gasteiger charge is -2.46. The largest absolute Gasteiger partial charge is 0.396 e. The number of aliphatic hydroxyl groups excluding tert-OH is 1. The Morgan fingerprint density at radius 3 is 2.38 bits per heavy atom. The third-order valence-electron chi connectivity index (χ3n) is 6.00. The average Bonchev–Trinajstić information content (AvgIpc) is 2.44. The van der Waals surface area contributed by atoms with Crippen molar-refractivity contribution in [2.24, 2.45) is 5.92 Å². The van der Waals surface area contributed by atoms with Crippen LogP contribution in [0.15, 0.2) is 0 Å². The van der Waals surface area contributed by atoms with Crippen molar-refractivity contribution in [1.82, 2.24) is 10.2 Å². The van der Waals surface area contributed by atoms with E-state index in [0.717, 1.165) is 24.4 Å². The smallest absolute Gasteiger partial charge is 0.0431 e. The van der Waals surface area contributed by atoms with Crippen molar-refractivity contribution in [1.29, 1.82) is 0 Å². The molecule has 0 bridgehead atoms. The predicted octanol–water partition coefficient (Wildman–Crippen LogP) is 2.92. The second kappa shape index (κ2) is 7.94. The Hall–Kier alpha value is -0.120. The summed E-state index contributed by atoms with van der Waals surface area (Å²) in [4.78, 5) is 2.77. The first-order valence-electron chi connectivity index (χ1n) is 9.46. The summed E-state index contributed by atoms with van der Waals surface area (Å²) >= 11 is 0. The molecule has 0 spiro atoms. The number of nitrogens with one attached hydrogen (secondary N) is 1. The fourth-order valence-corrected chi connectivity index (χ4v) is 4.60. The van der Waals surface area contributed by atoms with Gasteiger partial charge in [0.25, 0.3) is 0 Å². The van der Waals surface area contributed by atoms with Gasteiger partial charge in [-0.3, -0.25) is 4.90 Å². The van der Waals surface area contributed by atoms with E-state index in [1.807, 2.05) is 0 Å². The van der Waals surface area contributed by atoms with Crippen molar-refractivity contribution in [2.45, 2.75) is 88.8 Å². The standard InChI is InChI=1S/C18H34N2O/c21-11-5-6-15-12-17(19-16-7-2-1-3-8-16)14-20(13-15)18-9-4-10-18/h15-19,21H,1-14H2. The molecular weight excluding hydrogens is 260 g/mol. The molecule has 3 fully saturated rings. The van der Waals surface area contributed by atoms with Crippen LogP contribution in [0.5, 0.6) is 0 Å². The van der Waals surface area contributed by atoms with Gasteiger partial charge in [-0.15, -0.1) is 0 Å². The summed E-state index contributed by atoms with van der Waals surface area (Å²) in [6.45, 7) is 2.92. The van der Waals surface area contributed by atoms with Gasteiger partial charge < -0.3 is 10.4 Å². The van der Waals surface area contributed by atoms with Crippen LogP contribution in [-0.2, 0) is 0 Å². The van der Waals surface area contributed by atoms with Crippen LogP contribution in [0.2, 0.25) is 0 Å². The second-order valence-corrected chi connectivity index (χ2v) is 7.70. The van der Waals surface area contributed by atoms with Gasteiger partial charge in [0.05, 0.1) is 0 Å². The molecule has 1 aliphatic heterocycles. The fraction of sp³-hybridized carbons (Fsp3) is 1.00. The predicted molar refractivity (Wildman–Crippen MR) is 87.4 cm³/mol. The molecular formula is C18H34N2O. The van der Waals surface area contributed by atoms with Gasteiger partial charge in [0.1, 0.15) is 0 Å². The normalized spacial score (nSPS) is 33.0. The second-order valence-electron chi connectivity index (χ2n) is 7.70. The van der Waals surface area contributed by atoms with Crippen molar-refractivity contribution < 1.29 is 5.11 Å². The van der Waals surface area contributed by atoms with Crippen LogP contribution in [0.1, 0.15) is 70.6 Å². The maximum atomic E-state index is 9.13. The van der Waals surface area contributed by atoms with Gasteiger partial charge >= 0.3 is 0 Å². The van der Waals surface area contributed by atoms with E-state index in [9.17, 15) is 0 Å². The van der Waals surface area contributed by atoms with Gasteiger partial charge in [-0.2, -0.15) is 0 Å². The fourth-order valence-electron chi connectivity index (χ4n) is 4.60. The average molecular weight is 294 g/mol. The molecule has 0 aromatic heterocycles. The monoisotopic (exact) mass is 294 g/mol. The molecule has 3 rings (SSSR count). The molecule has 0 aromatic rings. The number of hydrogen-bond acceptors (Lipinski definition) is 3. The van der Waals surface area contributed by atoms with Crippen molar-refractivity contribution in [3.63, 3.8) is 0 Å². The molecule has 1 heterocycles. The quantitative estimate of drug-likeness (QED) is 0.790. The molecule has 0 aromatic carbocycles. The molecule has 3 aliphatic rings. The van der Waals surface area contributed by atoms with E-state index in [1.165, 1.54) is 77.3 Å². The first-order chi connectivity index (χ1) is 10.3. The van der Waals surface area contributed by atoms with Crippen LogP contribution in [0, 0.1) is 5.92 Å². The zero-order valence-electron chi connectivity index (χ0n) is 13.6. The lowest BCUT2D eigenvalue weighted by atomic mass is 9.84. The Morgan fingerprint density at radius 1 is 0.905 bits per heavy atom. The summed E-state index contributed by atoms with van der Waals surface area (Å²) in [5, 5.41) is 13.1. The highest BCUT2D eigenvalue weighted by Gasteiger charge is 2.34. The SMILES string of the molecule is OCCCC1CC(NC2CCCCC2)CN(C2CCC2)C1. The Morgan fingerprint density at radius 2 is 1.71 bits per heavy atom. The van der Waals surface area contributed by atoms with Crippen LogP contribution in [0.3, 0.4) is 0 Å². The number of piperidine rings is 1. The highest BCUT2D eigenvalue weighted by Crippen LogP contribution is 2.31. The zero-order chi connectivity index (χ0) is 14.5. The van der Waals surface area contributed by atoms with Crippen LogP contribution >= 0.6 is 0 Å². The molecule has 0 amide bonds. The van der Waals surface area contributed by atoms with Gasteiger partial charge in [0.15, 0.2) is 0 Å². The summed E-state index contributed by atoms with van der Waals surface area (Å²) in [5.41, 5.74) is 0. The van der Waals surface area contributed by atoms with E-state index in [0.29, 0.717) is 12.6 Å². The van der Waals surface area contributed by atoms with E-state index in [1.54, 1.807) is 0 Å². The van der Waals surface area contributed by atoms with E-state index in [4.69, 9.17) is 5.11 Å². The van der Waals surface area contributed by atoms with Crippen molar-refractivity contribution in [3.05, 3.63) is 0 Å². The summed E-state index contributed by atoms with van der Waals surface area (Å²) in [7, 11) is 0. The van der Waals surface area contributed by atoms with Gasteiger partial charge in [-0.1, -0.05) is 25.7 Å². The van der Waals surface area contributed by atoms with Gasteiger partial charge in [0.2, 0.25) is 0 Å². The Kier molecular flexibility index (Phi) is 5.96. The zero-order valence-corrected chi connectivity index (χ0v) is 13.6. The Labute approximate surface area is 130 Å². The Bertz CT molecular complexity index is 298. The lowest BCUT2D eigenvalue weighted by Crippen LogP contribution is -2.56. The first-order valence-corrected chi connectivity index (χ1v) is 9.46. The highest BCUT2D eigenvalue weighted by atomic mass is 16.2. The van der Waals surface area contributed by atoms with E-state index in [2.05, 4.69) is 10.2 Å². The summed E-state index contributed by atoms with van der Waals surface area (Å²) in [6, 6.07) is 2.35. The Balaban J connectivity index is 1.52. The van der Waals surface area contributed by atoms with Gasteiger partial charge in [0, 0.05) is 37.8 Å². The molecule has 2 unspecified atom stereocenters. The lowest BCUT2D eigenvalue weighted by molar-refractivity contribution is 0.0500. The number of likely N-dealkylation sites (tertiary alicyclic amines) is 1. The number of rotatable bonds is 6. The van der Waals surface area contributed by atoms with Crippen molar-refractivity contribution >= 4 is 0 Å². The van der Waals surface area contributed by atoms with Crippen molar-refractivity contribution in [2.75, 3.05) is 19.7 Å². The molecule has 21 heavy (non-hydrogen) atoms. The molecule has 2 aliphatic carbocycles. The summed E-state index contributed by atoms with van der Waals surface area (Å²) < 4.78 is 0. The molecule has 122 valence electrons. The third-order valence-corrected chi connectivity index (χ3v) is 6.00. The first kappa shape index (κ1) is 15.8. The molecule has 2 atom stereocenters. The van der Waals surface area contributed by atoms with E-state index in [-0.39, 0.29) is 0 Å². The molecule has 2 saturated carbocycles. The molecule has 3 heteroatoms. The van der Waals surface area contributed by atoms with Gasteiger partial charge in [-0.05, 0) is 50.9 Å². The molecule has 3 nitrogen and oxygen atoms in total. The summed E-state index contributed by atoms with van der Waals surface area (Å²) in [6.07, 6.45) is 14.9. The van der Waals surface area contributed by atoms with Crippen LogP contribution in [0.25, 0.3) is 0 Å². The maximum Gasteiger partial charge on any atom is 0.0431 e. The van der Waals surface area contributed by atoms with Crippen LogP contribution in [0.4, 0.5) is 0 Å². The minimum atomic E-state index is 0.362. The van der Waals surface area contributed by atoms with E-state index >= 15 is 0 Å². The van der Waals surface area contributed by atoms with Crippen LogP contribution < -0.4 is 5.32 Å². The summed E-state index contributed by atoms with van der Waals surface area (Å²) in [5.74, 6) is 0.799. The number of nitrogens with zero attached hydrogens (tertiary/aromatic N) is 1. The van der Waals surface area contributed by atoms with E-state index < -0.39 is 0 Å². The maximum absolute atomic E-state index is 9.13. The third kappa shape index (κ3) is 4.43. The molecule has 0 radical (unpaired) electrons. The highest BCUT2D eigenvalue weighted by molar-refractivity contribution is 4.91.